The van der Waals surface area contributed by atoms with Gasteiger partial charge < -0.3 is 15.9 Å². The molecule has 0 aliphatic heterocycles. The van der Waals surface area contributed by atoms with Gasteiger partial charge in [-0.05, 0) is 37.6 Å². The van der Waals surface area contributed by atoms with Crippen LogP contribution in [-0.2, 0) is 0 Å². The lowest BCUT2D eigenvalue weighted by molar-refractivity contribution is 0.0149. The van der Waals surface area contributed by atoms with Gasteiger partial charge in [0.1, 0.15) is 11.9 Å². The van der Waals surface area contributed by atoms with E-state index in [1.54, 1.807) is 6.92 Å². The predicted molar refractivity (Wildman–Crippen MR) is 60.8 cm³/mol. The highest BCUT2D eigenvalue weighted by Gasteiger charge is 2.21. The Bertz CT molecular complexity index is 373. The smallest absolute Gasteiger partial charge is 0.126 e. The van der Waals surface area contributed by atoms with Crippen molar-refractivity contribution in [3.63, 3.8) is 0 Å². The van der Waals surface area contributed by atoms with E-state index in [2.05, 4.69) is 0 Å². The number of hydrogen-bond donors (Lipinski definition) is 3. The zero-order chi connectivity index (χ0) is 12.3. The first kappa shape index (κ1) is 13.4. The van der Waals surface area contributed by atoms with Crippen molar-refractivity contribution >= 4 is 11.6 Å². The van der Waals surface area contributed by atoms with Gasteiger partial charge in [0.25, 0.3) is 0 Å². The van der Waals surface area contributed by atoms with Crippen LogP contribution in [0.4, 0.5) is 4.39 Å². The summed E-state index contributed by atoms with van der Waals surface area (Å²) in [7, 11) is 0. The molecule has 0 aliphatic carbocycles. The highest BCUT2D eigenvalue weighted by Crippen LogP contribution is 2.28. The monoisotopic (exact) mass is 247 g/mol. The summed E-state index contributed by atoms with van der Waals surface area (Å²) in [5.41, 5.74) is 5.84. The SMILES string of the molecule is Cc1cc(Cl)c(C(O)C(O)CCN)cc1F. The highest BCUT2D eigenvalue weighted by atomic mass is 35.5. The fraction of sp³-hybridized carbons (Fsp3) is 0.455. The second kappa shape index (κ2) is 5.59. The van der Waals surface area contributed by atoms with Crippen LogP contribution in [0.5, 0.6) is 0 Å². The fourth-order valence-corrected chi connectivity index (χ4v) is 1.75. The molecule has 16 heavy (non-hydrogen) atoms. The number of aliphatic hydroxyl groups is 2. The van der Waals surface area contributed by atoms with Gasteiger partial charge in [0.2, 0.25) is 0 Å². The van der Waals surface area contributed by atoms with Gasteiger partial charge in [-0.3, -0.25) is 0 Å². The number of hydrogen-bond acceptors (Lipinski definition) is 3. The minimum atomic E-state index is -1.22. The number of rotatable bonds is 4. The van der Waals surface area contributed by atoms with E-state index in [9.17, 15) is 14.6 Å². The molecule has 2 unspecified atom stereocenters. The molecule has 0 saturated carbocycles. The van der Waals surface area contributed by atoms with E-state index in [4.69, 9.17) is 17.3 Å². The van der Waals surface area contributed by atoms with Gasteiger partial charge in [0.05, 0.1) is 6.10 Å². The lowest BCUT2D eigenvalue weighted by Crippen LogP contribution is -2.22. The Morgan fingerprint density at radius 1 is 1.44 bits per heavy atom. The van der Waals surface area contributed by atoms with Crippen LogP contribution in [0.1, 0.15) is 23.7 Å². The maximum atomic E-state index is 13.3. The minimum absolute atomic E-state index is 0.186. The van der Waals surface area contributed by atoms with Crippen molar-refractivity contribution in [2.24, 2.45) is 5.73 Å². The lowest BCUT2D eigenvalue weighted by Gasteiger charge is -2.19. The van der Waals surface area contributed by atoms with E-state index >= 15 is 0 Å². The Morgan fingerprint density at radius 3 is 2.62 bits per heavy atom. The molecule has 5 heteroatoms. The zero-order valence-electron chi connectivity index (χ0n) is 8.95. The number of benzene rings is 1. The third-order valence-corrected chi connectivity index (χ3v) is 2.75. The third kappa shape index (κ3) is 2.92. The molecule has 0 heterocycles. The van der Waals surface area contributed by atoms with Gasteiger partial charge in [-0.15, -0.1) is 0 Å². The quantitative estimate of drug-likeness (QED) is 0.756. The van der Waals surface area contributed by atoms with E-state index in [1.165, 1.54) is 6.07 Å². The van der Waals surface area contributed by atoms with E-state index in [1.807, 2.05) is 0 Å². The van der Waals surface area contributed by atoms with Crippen molar-refractivity contribution < 1.29 is 14.6 Å². The molecule has 0 radical (unpaired) electrons. The molecule has 1 aromatic rings. The number of aryl methyl sites for hydroxylation is 1. The Kier molecular flexibility index (Phi) is 4.68. The van der Waals surface area contributed by atoms with Crippen molar-refractivity contribution in [1.29, 1.82) is 0 Å². The van der Waals surface area contributed by atoms with Gasteiger partial charge >= 0.3 is 0 Å². The van der Waals surface area contributed by atoms with Crippen molar-refractivity contribution in [1.82, 2.24) is 0 Å². The largest absolute Gasteiger partial charge is 0.390 e. The molecule has 0 bridgehead atoms. The standard InChI is InChI=1S/C11H15ClFNO2/c1-6-4-8(12)7(5-9(6)13)11(16)10(15)2-3-14/h4-5,10-11,15-16H,2-3,14H2,1H3. The Hall–Kier alpha value is -0.680. The second-order valence-corrected chi connectivity index (χ2v) is 4.12. The summed E-state index contributed by atoms with van der Waals surface area (Å²) in [5, 5.41) is 19.5. The molecule has 0 amide bonds. The third-order valence-electron chi connectivity index (χ3n) is 2.42. The number of nitrogens with two attached hydrogens (primary N) is 1. The summed E-state index contributed by atoms with van der Waals surface area (Å²) in [4.78, 5) is 0. The van der Waals surface area contributed by atoms with Crippen LogP contribution in [0, 0.1) is 12.7 Å². The molecular formula is C11H15ClFNO2. The van der Waals surface area contributed by atoms with E-state index < -0.39 is 18.0 Å². The summed E-state index contributed by atoms with van der Waals surface area (Å²) >= 11 is 5.87. The van der Waals surface area contributed by atoms with Gasteiger partial charge in [0, 0.05) is 10.6 Å². The first-order valence-electron chi connectivity index (χ1n) is 4.99. The zero-order valence-corrected chi connectivity index (χ0v) is 9.71. The van der Waals surface area contributed by atoms with Crippen LogP contribution in [0.2, 0.25) is 5.02 Å². The van der Waals surface area contributed by atoms with E-state index in [0.29, 0.717) is 5.56 Å². The topological polar surface area (TPSA) is 66.5 Å². The minimum Gasteiger partial charge on any atom is -0.390 e. The first-order valence-corrected chi connectivity index (χ1v) is 5.37. The summed E-state index contributed by atoms with van der Waals surface area (Å²) in [6.07, 6.45) is -2.02. The summed E-state index contributed by atoms with van der Waals surface area (Å²) in [5.74, 6) is -0.460. The van der Waals surface area contributed by atoms with E-state index in [0.717, 1.165) is 6.07 Å². The van der Waals surface area contributed by atoms with Gasteiger partial charge in [-0.2, -0.15) is 0 Å². The predicted octanol–water partition coefficient (Wildman–Crippen LogP) is 1.53. The highest BCUT2D eigenvalue weighted by molar-refractivity contribution is 6.31. The number of aliphatic hydroxyl groups excluding tert-OH is 2. The lowest BCUT2D eigenvalue weighted by atomic mass is 10.0. The van der Waals surface area contributed by atoms with Crippen LogP contribution >= 0.6 is 11.6 Å². The molecule has 0 aliphatic rings. The van der Waals surface area contributed by atoms with Crippen molar-refractivity contribution in [3.05, 3.63) is 34.1 Å². The van der Waals surface area contributed by atoms with Crippen LogP contribution in [0.3, 0.4) is 0 Å². The average Bonchev–Trinajstić information content (AvgIpc) is 2.23. The van der Waals surface area contributed by atoms with Crippen LogP contribution < -0.4 is 5.73 Å². The van der Waals surface area contributed by atoms with Crippen LogP contribution in [0.25, 0.3) is 0 Å². The van der Waals surface area contributed by atoms with Crippen LogP contribution in [0.15, 0.2) is 12.1 Å². The van der Waals surface area contributed by atoms with Crippen molar-refractivity contribution in [3.8, 4) is 0 Å². The molecular weight excluding hydrogens is 233 g/mol. The maximum absolute atomic E-state index is 13.3. The van der Waals surface area contributed by atoms with Gasteiger partial charge in [-0.1, -0.05) is 11.6 Å². The van der Waals surface area contributed by atoms with E-state index in [-0.39, 0.29) is 23.6 Å². The normalized spacial score (nSPS) is 14.9. The molecule has 4 N–H and O–H groups in total. The molecule has 0 spiro atoms. The molecule has 3 nitrogen and oxygen atoms in total. The molecule has 0 aromatic heterocycles. The van der Waals surface area contributed by atoms with Crippen LogP contribution in [-0.4, -0.2) is 22.9 Å². The summed E-state index contributed by atoms with van der Waals surface area (Å²) in [6.45, 7) is 1.82. The average molecular weight is 248 g/mol. The molecule has 0 saturated heterocycles. The molecule has 90 valence electrons. The summed E-state index contributed by atoms with van der Waals surface area (Å²) < 4.78 is 13.3. The Morgan fingerprint density at radius 2 is 2.06 bits per heavy atom. The summed E-state index contributed by atoms with van der Waals surface area (Å²) in [6, 6.07) is 2.56. The fourth-order valence-electron chi connectivity index (χ4n) is 1.42. The van der Waals surface area contributed by atoms with Crippen molar-refractivity contribution in [2.45, 2.75) is 25.6 Å². The Balaban J connectivity index is 2.99. The number of halogens is 2. The maximum Gasteiger partial charge on any atom is 0.126 e. The Labute approximate surface area is 98.7 Å². The van der Waals surface area contributed by atoms with Gasteiger partial charge in [0.15, 0.2) is 0 Å². The molecule has 1 rings (SSSR count). The van der Waals surface area contributed by atoms with Gasteiger partial charge in [-0.25, -0.2) is 4.39 Å². The molecule has 1 aromatic carbocycles. The second-order valence-electron chi connectivity index (χ2n) is 3.71. The molecule has 0 fully saturated rings. The first-order chi connectivity index (χ1) is 7.47. The molecule has 2 atom stereocenters. The van der Waals surface area contributed by atoms with Crippen molar-refractivity contribution in [2.75, 3.05) is 6.54 Å².